The maximum absolute atomic E-state index is 13.9. The Hall–Kier alpha value is -3.02. The highest BCUT2D eigenvalue weighted by Gasteiger charge is 2.49. The van der Waals surface area contributed by atoms with Gasteiger partial charge in [-0.1, -0.05) is 44.7 Å². The monoisotopic (exact) mass is 447 g/mol. The van der Waals surface area contributed by atoms with E-state index in [1.165, 1.54) is 18.4 Å². The highest BCUT2D eigenvalue weighted by atomic mass is 16.3. The molecule has 3 aromatic rings. The van der Waals surface area contributed by atoms with Crippen LogP contribution in [-0.2, 0) is 17.8 Å². The standard InChI is InChI=1S/C27H33N3O3/c1-4-19-11-13-21(14-12-19)30-25(31)23-16-24-22(15-18(2)33-24)29(23)17-27(30,3)26(32)28-20-9-7-5-6-8-10-20/h11-16,20H,4-10,17H2,1-3H3,(H,28,32)/t27-/m0/s1. The van der Waals surface area contributed by atoms with Gasteiger partial charge in [-0.05, 0) is 50.8 Å². The number of benzene rings is 1. The van der Waals surface area contributed by atoms with Crippen molar-refractivity contribution in [1.82, 2.24) is 9.88 Å². The summed E-state index contributed by atoms with van der Waals surface area (Å²) in [6, 6.07) is 11.9. The van der Waals surface area contributed by atoms with Crippen molar-refractivity contribution in [1.29, 1.82) is 0 Å². The Labute approximate surface area is 194 Å². The second-order valence-corrected chi connectivity index (χ2v) is 9.82. The fourth-order valence-corrected chi connectivity index (χ4v) is 5.45. The third-order valence-corrected chi connectivity index (χ3v) is 7.38. The second kappa shape index (κ2) is 8.40. The molecule has 1 saturated carbocycles. The fourth-order valence-electron chi connectivity index (χ4n) is 5.45. The van der Waals surface area contributed by atoms with Crippen molar-refractivity contribution in [2.75, 3.05) is 4.90 Å². The summed E-state index contributed by atoms with van der Waals surface area (Å²) >= 11 is 0. The van der Waals surface area contributed by atoms with E-state index < -0.39 is 5.54 Å². The van der Waals surface area contributed by atoms with Crippen LogP contribution in [0.2, 0.25) is 0 Å². The highest BCUT2D eigenvalue weighted by molar-refractivity contribution is 6.13. The molecule has 174 valence electrons. The van der Waals surface area contributed by atoms with E-state index in [-0.39, 0.29) is 17.9 Å². The van der Waals surface area contributed by atoms with E-state index in [0.29, 0.717) is 17.8 Å². The van der Waals surface area contributed by atoms with E-state index in [4.69, 9.17) is 4.42 Å². The second-order valence-electron chi connectivity index (χ2n) is 9.82. The average molecular weight is 448 g/mol. The average Bonchev–Trinajstić information content (AvgIpc) is 3.19. The molecule has 2 amide bonds. The number of nitrogens with one attached hydrogen (secondary N) is 1. The Morgan fingerprint density at radius 2 is 1.82 bits per heavy atom. The third-order valence-electron chi connectivity index (χ3n) is 7.38. The molecule has 0 unspecified atom stereocenters. The normalized spacial score (nSPS) is 21.8. The molecule has 6 nitrogen and oxygen atoms in total. The van der Waals surface area contributed by atoms with Crippen molar-refractivity contribution in [3.05, 3.63) is 53.4 Å². The topological polar surface area (TPSA) is 67.5 Å². The molecule has 1 N–H and O–H groups in total. The smallest absolute Gasteiger partial charge is 0.276 e. The number of hydrogen-bond acceptors (Lipinski definition) is 3. The van der Waals surface area contributed by atoms with Gasteiger partial charge in [-0.15, -0.1) is 0 Å². The van der Waals surface area contributed by atoms with Crippen LogP contribution in [0.4, 0.5) is 5.69 Å². The van der Waals surface area contributed by atoms with Crippen LogP contribution >= 0.6 is 0 Å². The zero-order chi connectivity index (χ0) is 23.2. The molecule has 1 atom stereocenters. The first kappa shape index (κ1) is 21.8. The van der Waals surface area contributed by atoms with Gasteiger partial charge < -0.3 is 14.3 Å². The van der Waals surface area contributed by atoms with E-state index in [1.807, 2.05) is 48.7 Å². The summed E-state index contributed by atoms with van der Waals surface area (Å²) in [4.78, 5) is 29.5. The molecule has 1 aliphatic heterocycles. The molecular weight excluding hydrogens is 414 g/mol. The quantitative estimate of drug-likeness (QED) is 0.547. The highest BCUT2D eigenvalue weighted by Crippen LogP contribution is 2.37. The number of nitrogens with zero attached hydrogens (tertiary/aromatic N) is 2. The summed E-state index contributed by atoms with van der Waals surface area (Å²) in [5, 5.41) is 3.32. The van der Waals surface area contributed by atoms with Crippen molar-refractivity contribution in [2.45, 2.75) is 83.8 Å². The summed E-state index contributed by atoms with van der Waals surface area (Å²) in [5.74, 6) is 0.535. The van der Waals surface area contributed by atoms with Crippen LogP contribution in [0.3, 0.4) is 0 Å². The molecule has 1 aliphatic carbocycles. The number of aryl methyl sites for hydroxylation is 2. The van der Waals surface area contributed by atoms with Crippen molar-refractivity contribution in [3.8, 4) is 0 Å². The summed E-state index contributed by atoms with van der Waals surface area (Å²) in [5.41, 5.74) is 3.00. The van der Waals surface area contributed by atoms with Crippen LogP contribution < -0.4 is 10.2 Å². The molecule has 0 spiro atoms. The number of carbonyl (C=O) groups excluding carboxylic acids is 2. The van der Waals surface area contributed by atoms with Crippen LogP contribution in [0.25, 0.3) is 11.1 Å². The number of hydrogen-bond donors (Lipinski definition) is 1. The Balaban J connectivity index is 1.57. The van der Waals surface area contributed by atoms with Gasteiger partial charge in [0.1, 0.15) is 17.0 Å². The number of carbonyl (C=O) groups is 2. The van der Waals surface area contributed by atoms with Crippen LogP contribution in [0.15, 0.2) is 40.8 Å². The Morgan fingerprint density at radius 3 is 2.48 bits per heavy atom. The largest absolute Gasteiger partial charge is 0.460 e. The summed E-state index contributed by atoms with van der Waals surface area (Å²) in [6.45, 7) is 6.28. The number of amides is 2. The molecule has 1 fully saturated rings. The van der Waals surface area contributed by atoms with E-state index in [2.05, 4.69) is 12.2 Å². The maximum Gasteiger partial charge on any atom is 0.276 e. The number of anilines is 1. The van der Waals surface area contributed by atoms with Crippen LogP contribution in [0, 0.1) is 6.92 Å². The van der Waals surface area contributed by atoms with Gasteiger partial charge >= 0.3 is 0 Å². The zero-order valence-electron chi connectivity index (χ0n) is 19.8. The summed E-state index contributed by atoms with van der Waals surface area (Å²) in [7, 11) is 0. The third kappa shape index (κ3) is 3.75. The van der Waals surface area contributed by atoms with E-state index >= 15 is 0 Å². The number of rotatable bonds is 4. The minimum atomic E-state index is -1.05. The van der Waals surface area contributed by atoms with Crippen LogP contribution in [0.1, 0.15) is 74.2 Å². The molecule has 2 aliphatic rings. The lowest BCUT2D eigenvalue weighted by molar-refractivity contribution is -0.127. The molecule has 5 rings (SSSR count). The number of fused-ring (bicyclic) bond motifs is 3. The molecular formula is C27H33N3O3. The lowest BCUT2D eigenvalue weighted by Gasteiger charge is -2.44. The predicted octanol–water partition coefficient (Wildman–Crippen LogP) is 5.36. The maximum atomic E-state index is 13.9. The Bertz CT molecular complexity index is 1180. The molecule has 1 aromatic carbocycles. The van der Waals surface area contributed by atoms with Crippen LogP contribution in [0.5, 0.6) is 0 Å². The fraction of sp³-hybridized carbons (Fsp3) is 0.481. The van der Waals surface area contributed by atoms with Crippen molar-refractivity contribution in [2.24, 2.45) is 0 Å². The summed E-state index contributed by atoms with van der Waals surface area (Å²) < 4.78 is 7.77. The Morgan fingerprint density at radius 1 is 1.12 bits per heavy atom. The molecule has 3 heterocycles. The molecule has 0 radical (unpaired) electrons. The minimum Gasteiger partial charge on any atom is -0.460 e. The number of furan rings is 1. The van der Waals surface area contributed by atoms with Gasteiger partial charge in [-0.3, -0.25) is 14.5 Å². The molecule has 0 saturated heterocycles. The molecule has 0 bridgehead atoms. The van der Waals surface area contributed by atoms with Crippen molar-refractivity contribution < 1.29 is 14.0 Å². The SMILES string of the molecule is CCc1ccc(N2C(=O)c3cc4oc(C)cc4n3C[C@@]2(C)C(=O)NC2CCCCCC2)cc1. The van der Waals surface area contributed by atoms with Gasteiger partial charge in [0.25, 0.3) is 5.91 Å². The van der Waals surface area contributed by atoms with Crippen molar-refractivity contribution >= 4 is 28.6 Å². The van der Waals surface area contributed by atoms with Gasteiger partial charge in [0.2, 0.25) is 5.91 Å². The first-order chi connectivity index (χ1) is 15.9. The summed E-state index contributed by atoms with van der Waals surface area (Å²) in [6.07, 6.45) is 7.65. The lowest BCUT2D eigenvalue weighted by atomic mass is 9.92. The minimum absolute atomic E-state index is 0.0879. The van der Waals surface area contributed by atoms with Gasteiger partial charge in [0.05, 0.1) is 12.1 Å². The zero-order valence-corrected chi connectivity index (χ0v) is 19.8. The van der Waals surface area contributed by atoms with E-state index in [1.54, 1.807) is 11.0 Å². The van der Waals surface area contributed by atoms with Gasteiger partial charge in [-0.25, -0.2) is 0 Å². The predicted molar refractivity (Wildman–Crippen MR) is 130 cm³/mol. The molecule has 2 aromatic heterocycles. The van der Waals surface area contributed by atoms with Gasteiger partial charge in [0.15, 0.2) is 5.58 Å². The number of aromatic nitrogens is 1. The molecule has 6 heteroatoms. The lowest BCUT2D eigenvalue weighted by Crippen LogP contribution is -2.65. The Kier molecular flexibility index (Phi) is 5.55. The first-order valence-corrected chi connectivity index (χ1v) is 12.2. The molecule has 33 heavy (non-hydrogen) atoms. The van der Waals surface area contributed by atoms with Gasteiger partial charge in [-0.2, -0.15) is 0 Å². The van der Waals surface area contributed by atoms with E-state index in [9.17, 15) is 9.59 Å². The van der Waals surface area contributed by atoms with Gasteiger partial charge in [0, 0.05) is 23.9 Å². The van der Waals surface area contributed by atoms with Crippen LogP contribution in [-0.4, -0.2) is 28.0 Å². The van der Waals surface area contributed by atoms with Crippen molar-refractivity contribution in [3.63, 3.8) is 0 Å². The first-order valence-electron chi connectivity index (χ1n) is 12.2. The van der Waals surface area contributed by atoms with E-state index in [0.717, 1.165) is 49.1 Å².